The lowest BCUT2D eigenvalue weighted by Gasteiger charge is -2.09. The highest BCUT2D eigenvalue weighted by atomic mass is 19.4. The first-order valence-electron chi connectivity index (χ1n) is 3.81. The van der Waals surface area contributed by atoms with Gasteiger partial charge in [-0.15, -0.1) is 13.2 Å². The number of alkyl halides is 3. The molecule has 0 saturated heterocycles. The molecule has 1 aromatic rings. The molecule has 15 heavy (non-hydrogen) atoms. The summed E-state index contributed by atoms with van der Waals surface area (Å²) in [5, 5.41) is 0. The normalized spacial score (nSPS) is 11.5. The van der Waals surface area contributed by atoms with Gasteiger partial charge in [-0.05, 0) is 0 Å². The van der Waals surface area contributed by atoms with Gasteiger partial charge in [0.2, 0.25) is 5.43 Å². The zero-order valence-corrected chi connectivity index (χ0v) is 7.39. The quantitative estimate of drug-likeness (QED) is 0.672. The van der Waals surface area contributed by atoms with Crippen molar-refractivity contribution in [1.82, 2.24) is 4.98 Å². The zero-order chi connectivity index (χ0) is 11.6. The fourth-order valence-electron chi connectivity index (χ4n) is 0.970. The summed E-state index contributed by atoms with van der Waals surface area (Å²) in [4.78, 5) is 13.5. The molecule has 0 aliphatic carbocycles. The first-order valence-corrected chi connectivity index (χ1v) is 3.81. The number of nitrogens with two attached hydrogens (primary N) is 2. The van der Waals surface area contributed by atoms with Crippen molar-refractivity contribution in [2.24, 2.45) is 5.73 Å². The molecule has 0 aliphatic heterocycles. The second kappa shape index (κ2) is 3.81. The van der Waals surface area contributed by atoms with Crippen LogP contribution in [0.25, 0.3) is 0 Å². The molecular weight excluding hydrogens is 215 g/mol. The van der Waals surface area contributed by atoms with E-state index in [2.05, 4.69) is 9.72 Å². The molecule has 0 atom stereocenters. The van der Waals surface area contributed by atoms with Gasteiger partial charge < -0.3 is 21.2 Å². The van der Waals surface area contributed by atoms with Crippen LogP contribution >= 0.6 is 0 Å². The standard InChI is InChI=1S/C7H8F3N3O2/c8-7(9,10)15-4-2-13-6(12)3(1-11)5(4)14/h2H,1,11H2,(H3,12,13,14). The molecule has 0 spiro atoms. The van der Waals surface area contributed by atoms with E-state index >= 15 is 0 Å². The Labute approximate surface area is 81.8 Å². The van der Waals surface area contributed by atoms with E-state index in [9.17, 15) is 18.0 Å². The minimum atomic E-state index is -4.92. The Hall–Kier alpha value is -1.70. The highest BCUT2D eigenvalue weighted by Crippen LogP contribution is 2.20. The van der Waals surface area contributed by atoms with Crippen molar-refractivity contribution in [1.29, 1.82) is 0 Å². The van der Waals surface area contributed by atoms with Crippen molar-refractivity contribution < 1.29 is 17.9 Å². The number of H-pyrrole nitrogens is 1. The minimum Gasteiger partial charge on any atom is -0.400 e. The van der Waals surface area contributed by atoms with E-state index in [0.717, 1.165) is 6.20 Å². The molecule has 0 aliphatic rings. The third-order valence-corrected chi connectivity index (χ3v) is 1.61. The van der Waals surface area contributed by atoms with Crippen molar-refractivity contribution in [2.75, 3.05) is 5.73 Å². The molecule has 0 radical (unpaired) electrons. The number of hydrogen-bond acceptors (Lipinski definition) is 4. The third-order valence-electron chi connectivity index (χ3n) is 1.61. The van der Waals surface area contributed by atoms with Gasteiger partial charge >= 0.3 is 6.36 Å². The second-order valence-corrected chi connectivity index (χ2v) is 2.63. The molecule has 1 aromatic heterocycles. The third kappa shape index (κ3) is 2.62. The Bertz CT molecular complexity index is 413. The predicted octanol–water partition coefficient (Wildman–Crippen LogP) is 0.314. The summed E-state index contributed by atoms with van der Waals surface area (Å²) in [6.07, 6.45) is -4.18. The summed E-state index contributed by atoms with van der Waals surface area (Å²) >= 11 is 0. The minimum absolute atomic E-state index is 0.0722. The molecule has 0 unspecified atom stereocenters. The molecule has 1 rings (SSSR count). The second-order valence-electron chi connectivity index (χ2n) is 2.63. The highest BCUT2D eigenvalue weighted by molar-refractivity contribution is 5.42. The van der Waals surface area contributed by atoms with Crippen molar-refractivity contribution in [2.45, 2.75) is 12.9 Å². The topological polar surface area (TPSA) is 94.1 Å². The number of aromatic nitrogens is 1. The maximum atomic E-state index is 11.8. The summed E-state index contributed by atoms with van der Waals surface area (Å²) in [7, 11) is 0. The van der Waals surface area contributed by atoms with E-state index in [0.29, 0.717) is 0 Å². The smallest absolute Gasteiger partial charge is 0.400 e. The number of rotatable bonds is 2. The monoisotopic (exact) mass is 223 g/mol. The molecule has 84 valence electrons. The van der Waals surface area contributed by atoms with Gasteiger partial charge in [-0.1, -0.05) is 0 Å². The molecule has 8 heteroatoms. The number of ether oxygens (including phenoxy) is 1. The van der Waals surface area contributed by atoms with Gasteiger partial charge in [0, 0.05) is 12.7 Å². The van der Waals surface area contributed by atoms with Crippen LogP contribution in [0.1, 0.15) is 5.56 Å². The van der Waals surface area contributed by atoms with E-state index in [1.807, 2.05) is 0 Å². The van der Waals surface area contributed by atoms with Crippen LogP contribution in [-0.4, -0.2) is 11.3 Å². The summed E-state index contributed by atoms with van der Waals surface area (Å²) in [5.41, 5.74) is 9.33. The molecule has 0 amide bonds. The van der Waals surface area contributed by atoms with Gasteiger partial charge in [0.05, 0.1) is 5.56 Å². The zero-order valence-electron chi connectivity index (χ0n) is 7.39. The largest absolute Gasteiger partial charge is 0.573 e. The number of anilines is 1. The molecule has 5 N–H and O–H groups in total. The molecule has 0 bridgehead atoms. The van der Waals surface area contributed by atoms with E-state index in [1.54, 1.807) is 0 Å². The Morgan fingerprint density at radius 1 is 1.47 bits per heavy atom. The lowest BCUT2D eigenvalue weighted by molar-refractivity contribution is -0.275. The maximum Gasteiger partial charge on any atom is 0.573 e. The molecule has 5 nitrogen and oxygen atoms in total. The van der Waals surface area contributed by atoms with E-state index in [1.165, 1.54) is 0 Å². The van der Waals surface area contributed by atoms with Crippen LogP contribution in [-0.2, 0) is 6.54 Å². The first-order chi connectivity index (χ1) is 6.85. The highest BCUT2D eigenvalue weighted by Gasteiger charge is 2.32. The average molecular weight is 223 g/mol. The van der Waals surface area contributed by atoms with Crippen LogP contribution in [0.2, 0.25) is 0 Å². The van der Waals surface area contributed by atoms with Crippen molar-refractivity contribution in [3.8, 4) is 5.75 Å². The van der Waals surface area contributed by atoms with Gasteiger partial charge in [0.1, 0.15) is 5.82 Å². The van der Waals surface area contributed by atoms with Gasteiger partial charge in [-0.2, -0.15) is 0 Å². The van der Waals surface area contributed by atoms with Crippen molar-refractivity contribution in [3.05, 3.63) is 22.0 Å². The van der Waals surface area contributed by atoms with E-state index < -0.39 is 17.5 Å². The van der Waals surface area contributed by atoms with Crippen LogP contribution in [0, 0.1) is 0 Å². The Kier molecular flexibility index (Phi) is 2.89. The molecule has 1 heterocycles. The molecule has 0 aromatic carbocycles. The summed E-state index contributed by atoms with van der Waals surface area (Å²) in [6.45, 7) is -0.268. The predicted molar refractivity (Wildman–Crippen MR) is 46.0 cm³/mol. The van der Waals surface area contributed by atoms with Gasteiger partial charge in [-0.3, -0.25) is 4.79 Å². The summed E-state index contributed by atoms with van der Waals surface area (Å²) < 4.78 is 38.9. The van der Waals surface area contributed by atoms with Crippen LogP contribution in [0.3, 0.4) is 0 Å². The molecule has 0 saturated carbocycles. The van der Waals surface area contributed by atoms with E-state index in [4.69, 9.17) is 11.5 Å². The fraction of sp³-hybridized carbons (Fsp3) is 0.286. The number of aromatic amines is 1. The number of nitrogen functional groups attached to an aromatic ring is 1. The molecular formula is C7H8F3N3O2. The fourth-order valence-corrected chi connectivity index (χ4v) is 0.970. The number of hydrogen-bond donors (Lipinski definition) is 3. The lowest BCUT2D eigenvalue weighted by atomic mass is 10.2. The van der Waals surface area contributed by atoms with Gasteiger partial charge in [-0.25, -0.2) is 0 Å². The Balaban J connectivity index is 3.17. The summed E-state index contributed by atoms with van der Waals surface area (Å²) in [6, 6.07) is 0. The average Bonchev–Trinajstić information content (AvgIpc) is 2.09. The number of halogens is 3. The van der Waals surface area contributed by atoms with Crippen LogP contribution in [0.15, 0.2) is 11.0 Å². The van der Waals surface area contributed by atoms with E-state index in [-0.39, 0.29) is 17.9 Å². The summed E-state index contributed by atoms with van der Waals surface area (Å²) in [5.74, 6) is -0.950. The Morgan fingerprint density at radius 2 is 2.07 bits per heavy atom. The molecule has 0 fully saturated rings. The number of pyridine rings is 1. The van der Waals surface area contributed by atoms with Crippen LogP contribution < -0.4 is 21.6 Å². The van der Waals surface area contributed by atoms with Gasteiger partial charge in [0.15, 0.2) is 5.75 Å². The van der Waals surface area contributed by atoms with Crippen molar-refractivity contribution >= 4 is 5.82 Å². The van der Waals surface area contributed by atoms with Crippen LogP contribution in [0.5, 0.6) is 5.75 Å². The number of nitrogens with one attached hydrogen (secondary N) is 1. The lowest BCUT2D eigenvalue weighted by Crippen LogP contribution is -2.25. The Morgan fingerprint density at radius 3 is 2.53 bits per heavy atom. The first kappa shape index (κ1) is 11.4. The maximum absolute atomic E-state index is 11.8. The van der Waals surface area contributed by atoms with Gasteiger partial charge in [0.25, 0.3) is 0 Å². The van der Waals surface area contributed by atoms with Crippen LogP contribution in [0.4, 0.5) is 19.0 Å². The van der Waals surface area contributed by atoms with Crippen molar-refractivity contribution in [3.63, 3.8) is 0 Å². The SMILES string of the molecule is NCc1c(N)[nH]cc(OC(F)(F)F)c1=O.